The van der Waals surface area contributed by atoms with Crippen molar-refractivity contribution in [2.45, 2.75) is 13.0 Å². The summed E-state index contributed by atoms with van der Waals surface area (Å²) in [5, 5.41) is 2.98. The number of thiophene rings is 1. The van der Waals surface area contributed by atoms with Gasteiger partial charge in [-0.15, -0.1) is 11.3 Å². The predicted molar refractivity (Wildman–Crippen MR) is 103 cm³/mol. The maximum atomic E-state index is 12.0. The average molecular weight is 366 g/mol. The van der Waals surface area contributed by atoms with Crippen LogP contribution in [0.15, 0.2) is 42.5 Å². The maximum absolute atomic E-state index is 12.0. The second-order valence-corrected chi connectivity index (χ2v) is 7.64. The third kappa shape index (κ3) is 6.51. The molecular weight excluding hydrogens is 342 g/mol. The highest BCUT2D eigenvalue weighted by molar-refractivity contribution is 7.16. The van der Waals surface area contributed by atoms with E-state index in [4.69, 9.17) is 11.6 Å². The second-order valence-electron chi connectivity index (χ2n) is 5.84. The molecule has 1 N–H and O–H groups in total. The van der Waals surface area contributed by atoms with Crippen LogP contribution in [-0.4, -0.2) is 44.5 Å². The van der Waals surface area contributed by atoms with Crippen molar-refractivity contribution in [2.24, 2.45) is 0 Å². The topological polar surface area (TPSA) is 35.6 Å². The Morgan fingerprint density at radius 3 is 2.58 bits per heavy atom. The first-order valence-corrected chi connectivity index (χ1v) is 9.19. The van der Waals surface area contributed by atoms with Crippen molar-refractivity contribution in [1.82, 2.24) is 10.2 Å². The Labute approximate surface area is 153 Å². The van der Waals surface area contributed by atoms with Gasteiger partial charge in [0, 0.05) is 37.2 Å². The second kappa shape index (κ2) is 9.67. The zero-order valence-corrected chi connectivity index (χ0v) is 15.7. The summed E-state index contributed by atoms with van der Waals surface area (Å²) >= 11 is 7.47. The van der Waals surface area contributed by atoms with E-state index in [0.717, 1.165) is 23.8 Å². The summed E-state index contributed by atoms with van der Waals surface area (Å²) in [6.45, 7) is 2.73. The van der Waals surface area contributed by atoms with Gasteiger partial charge in [0.25, 0.3) is 0 Å². The number of hydrogen-bond acceptors (Lipinski definition) is 4. The highest BCUT2D eigenvalue weighted by Crippen LogP contribution is 2.22. The standard InChI is InChI=1S/C18H24ClN3OS/c1-21(13-16-9-10-17(19)24-16)14-18(23)20-11-6-12-22(2)15-7-4-3-5-8-15/h3-5,7-10H,6,11-14H2,1-2H3,(H,20,23). The fourth-order valence-corrected chi connectivity index (χ4v) is 3.58. The van der Waals surface area contributed by atoms with E-state index >= 15 is 0 Å². The number of amides is 1. The minimum Gasteiger partial charge on any atom is -0.375 e. The SMILES string of the molecule is CN(CC(=O)NCCCN(C)c1ccccc1)Cc1ccc(Cl)s1. The molecule has 0 spiro atoms. The van der Waals surface area contributed by atoms with Crippen molar-refractivity contribution in [2.75, 3.05) is 38.6 Å². The summed E-state index contributed by atoms with van der Waals surface area (Å²) < 4.78 is 0.783. The van der Waals surface area contributed by atoms with Crippen molar-refractivity contribution in [3.8, 4) is 0 Å². The number of hydrogen-bond donors (Lipinski definition) is 1. The summed E-state index contributed by atoms with van der Waals surface area (Å²) in [5.41, 5.74) is 1.19. The van der Waals surface area contributed by atoms with Crippen molar-refractivity contribution in [1.29, 1.82) is 0 Å². The number of halogens is 1. The molecule has 0 fully saturated rings. The van der Waals surface area contributed by atoms with Crippen LogP contribution in [-0.2, 0) is 11.3 Å². The summed E-state index contributed by atoms with van der Waals surface area (Å²) in [5.74, 6) is 0.0579. The Hall–Kier alpha value is -1.56. The van der Waals surface area contributed by atoms with Crippen molar-refractivity contribution >= 4 is 34.5 Å². The number of nitrogens with one attached hydrogen (secondary N) is 1. The number of benzene rings is 1. The van der Waals surface area contributed by atoms with Crippen LogP contribution in [0.25, 0.3) is 0 Å². The first-order chi connectivity index (χ1) is 11.5. The minimum atomic E-state index is 0.0579. The number of carbonyl (C=O) groups is 1. The van der Waals surface area contributed by atoms with Gasteiger partial charge >= 0.3 is 0 Å². The van der Waals surface area contributed by atoms with Gasteiger partial charge in [-0.2, -0.15) is 0 Å². The first kappa shape index (κ1) is 18.8. The molecule has 24 heavy (non-hydrogen) atoms. The summed E-state index contributed by atoms with van der Waals surface area (Å²) in [6, 6.07) is 14.1. The van der Waals surface area contributed by atoms with Gasteiger partial charge in [0.15, 0.2) is 0 Å². The molecule has 0 aliphatic carbocycles. The smallest absolute Gasteiger partial charge is 0.234 e. The van der Waals surface area contributed by atoms with E-state index in [1.165, 1.54) is 10.6 Å². The Kier molecular flexibility index (Phi) is 7.56. The van der Waals surface area contributed by atoms with Gasteiger partial charge in [0.1, 0.15) is 0 Å². The van der Waals surface area contributed by atoms with Crippen LogP contribution in [0.3, 0.4) is 0 Å². The predicted octanol–water partition coefficient (Wildman–Crippen LogP) is 3.48. The molecule has 1 amide bonds. The molecule has 2 rings (SSSR count). The average Bonchev–Trinajstić information content (AvgIpc) is 2.96. The lowest BCUT2D eigenvalue weighted by Gasteiger charge is -2.19. The zero-order chi connectivity index (χ0) is 17.4. The molecule has 4 nitrogen and oxygen atoms in total. The Morgan fingerprint density at radius 2 is 1.92 bits per heavy atom. The summed E-state index contributed by atoms with van der Waals surface area (Å²) in [7, 11) is 4.01. The molecule has 130 valence electrons. The van der Waals surface area contributed by atoms with E-state index in [1.54, 1.807) is 11.3 Å². The molecule has 0 bridgehead atoms. The third-order valence-electron chi connectivity index (χ3n) is 3.66. The van der Waals surface area contributed by atoms with E-state index in [0.29, 0.717) is 13.1 Å². The number of carbonyl (C=O) groups excluding carboxylic acids is 1. The Morgan fingerprint density at radius 1 is 1.17 bits per heavy atom. The van der Waals surface area contributed by atoms with E-state index in [9.17, 15) is 4.79 Å². The Bertz CT molecular complexity index is 632. The molecule has 0 atom stereocenters. The van der Waals surface area contributed by atoms with Crippen LogP contribution < -0.4 is 10.2 Å². The van der Waals surface area contributed by atoms with Crippen LogP contribution >= 0.6 is 22.9 Å². The number of para-hydroxylation sites is 1. The monoisotopic (exact) mass is 365 g/mol. The van der Waals surface area contributed by atoms with Gasteiger partial charge in [-0.3, -0.25) is 9.69 Å². The van der Waals surface area contributed by atoms with Gasteiger partial charge in [0.05, 0.1) is 10.9 Å². The summed E-state index contributed by atoms with van der Waals surface area (Å²) in [6.07, 6.45) is 0.918. The molecule has 0 aliphatic heterocycles. The van der Waals surface area contributed by atoms with Crippen LogP contribution in [0.1, 0.15) is 11.3 Å². The molecule has 1 heterocycles. The molecule has 0 radical (unpaired) electrons. The lowest BCUT2D eigenvalue weighted by molar-refractivity contribution is -0.122. The largest absolute Gasteiger partial charge is 0.375 e. The molecule has 2 aromatic rings. The van der Waals surface area contributed by atoms with Crippen LogP contribution in [0.2, 0.25) is 4.34 Å². The molecule has 0 aliphatic rings. The summed E-state index contributed by atoms with van der Waals surface area (Å²) in [4.78, 5) is 17.3. The minimum absolute atomic E-state index is 0.0579. The number of rotatable bonds is 9. The van der Waals surface area contributed by atoms with E-state index in [-0.39, 0.29) is 5.91 Å². The molecule has 0 saturated carbocycles. The van der Waals surface area contributed by atoms with Crippen molar-refractivity contribution in [3.63, 3.8) is 0 Å². The van der Waals surface area contributed by atoms with Crippen molar-refractivity contribution < 1.29 is 4.79 Å². The fourth-order valence-electron chi connectivity index (χ4n) is 2.42. The van der Waals surface area contributed by atoms with Gasteiger partial charge in [-0.1, -0.05) is 29.8 Å². The van der Waals surface area contributed by atoms with Crippen molar-refractivity contribution in [3.05, 3.63) is 51.7 Å². The van der Waals surface area contributed by atoms with E-state index in [1.807, 2.05) is 42.3 Å². The van der Waals surface area contributed by atoms with Gasteiger partial charge in [0.2, 0.25) is 5.91 Å². The van der Waals surface area contributed by atoms with Gasteiger partial charge in [-0.05, 0) is 37.7 Å². The van der Waals surface area contributed by atoms with Crippen LogP contribution in [0.5, 0.6) is 0 Å². The maximum Gasteiger partial charge on any atom is 0.234 e. The Balaban J connectivity index is 1.61. The first-order valence-electron chi connectivity index (χ1n) is 8.00. The zero-order valence-electron chi connectivity index (χ0n) is 14.2. The quantitative estimate of drug-likeness (QED) is 0.691. The van der Waals surface area contributed by atoms with Crippen LogP contribution in [0, 0.1) is 0 Å². The number of nitrogens with zero attached hydrogens (tertiary/aromatic N) is 2. The highest BCUT2D eigenvalue weighted by atomic mass is 35.5. The molecule has 0 saturated heterocycles. The molecule has 0 unspecified atom stereocenters. The van der Waals surface area contributed by atoms with Gasteiger partial charge in [-0.25, -0.2) is 0 Å². The highest BCUT2D eigenvalue weighted by Gasteiger charge is 2.08. The number of anilines is 1. The molecule has 1 aromatic carbocycles. The molecule has 6 heteroatoms. The molecular formula is C18H24ClN3OS. The third-order valence-corrected chi connectivity index (χ3v) is 4.87. The molecule has 1 aromatic heterocycles. The normalized spacial score (nSPS) is 10.8. The van der Waals surface area contributed by atoms with Crippen LogP contribution in [0.4, 0.5) is 5.69 Å². The van der Waals surface area contributed by atoms with Gasteiger partial charge < -0.3 is 10.2 Å². The van der Waals surface area contributed by atoms with E-state index in [2.05, 4.69) is 29.4 Å². The lowest BCUT2D eigenvalue weighted by Crippen LogP contribution is -2.36. The fraction of sp³-hybridized carbons (Fsp3) is 0.389. The lowest BCUT2D eigenvalue weighted by atomic mass is 10.3. The number of likely N-dealkylation sites (N-methyl/N-ethyl adjacent to an activating group) is 1. The van der Waals surface area contributed by atoms with E-state index < -0.39 is 0 Å².